The van der Waals surface area contributed by atoms with E-state index in [9.17, 15) is 4.79 Å². The van der Waals surface area contributed by atoms with Gasteiger partial charge in [0.25, 0.3) is 0 Å². The Morgan fingerprint density at radius 2 is 2.04 bits per heavy atom. The molecule has 0 radical (unpaired) electrons. The van der Waals surface area contributed by atoms with Gasteiger partial charge in [-0.3, -0.25) is 4.79 Å². The van der Waals surface area contributed by atoms with Crippen LogP contribution in [0.1, 0.15) is 35.8 Å². The summed E-state index contributed by atoms with van der Waals surface area (Å²) in [7, 11) is 3.23. The fourth-order valence-electron chi connectivity index (χ4n) is 3.54. The number of rotatable bonds is 6. The van der Waals surface area contributed by atoms with Gasteiger partial charge in [-0.1, -0.05) is 11.6 Å². The summed E-state index contributed by atoms with van der Waals surface area (Å²) in [5.74, 6) is 1.93. The molecule has 1 N–H and O–H groups in total. The zero-order chi connectivity index (χ0) is 19.7. The summed E-state index contributed by atoms with van der Waals surface area (Å²) in [5, 5.41) is 15.8. The van der Waals surface area contributed by atoms with Gasteiger partial charge in [0, 0.05) is 12.8 Å². The molecular weight excluding hydrogens is 382 g/mol. The van der Waals surface area contributed by atoms with Gasteiger partial charge in [0.05, 0.1) is 20.3 Å². The third-order valence-electron chi connectivity index (χ3n) is 4.93. The van der Waals surface area contributed by atoms with E-state index in [0.29, 0.717) is 34.5 Å². The highest BCUT2D eigenvalue weighted by atomic mass is 35.5. The number of methoxy groups -OCH3 is 2. The van der Waals surface area contributed by atoms with Crippen LogP contribution in [-0.2, 0) is 17.6 Å². The number of halogens is 1. The smallest absolute Gasteiger partial charge is 0.220 e. The van der Waals surface area contributed by atoms with E-state index in [4.69, 9.17) is 21.1 Å². The standard InChI is InChI=1S/C19H20ClN5O3/c1-27-14-9-11-3-4-13(12(11)10-15(14)28-2)21-19(26)8-7-18-23-22-17-6-5-16(20)24-25(17)18/h5-6,9-10,13H,3-4,7-8H2,1-2H3,(H,21,26)/t13-/m0/s1. The van der Waals surface area contributed by atoms with Crippen LogP contribution in [0, 0.1) is 0 Å². The van der Waals surface area contributed by atoms with Crippen molar-refractivity contribution in [2.75, 3.05) is 14.2 Å². The van der Waals surface area contributed by atoms with Crippen molar-refractivity contribution in [2.24, 2.45) is 0 Å². The molecule has 4 rings (SSSR count). The van der Waals surface area contributed by atoms with Crippen LogP contribution < -0.4 is 14.8 Å². The van der Waals surface area contributed by atoms with Crippen molar-refractivity contribution in [3.05, 3.63) is 46.4 Å². The van der Waals surface area contributed by atoms with Gasteiger partial charge in [-0.05, 0) is 48.2 Å². The number of benzene rings is 1. The number of aromatic nitrogens is 4. The van der Waals surface area contributed by atoms with E-state index in [1.807, 2.05) is 12.1 Å². The summed E-state index contributed by atoms with van der Waals surface area (Å²) in [6.07, 6.45) is 2.44. The second-order valence-electron chi connectivity index (χ2n) is 6.61. The minimum absolute atomic E-state index is 0.0370. The van der Waals surface area contributed by atoms with Crippen LogP contribution >= 0.6 is 11.6 Å². The predicted molar refractivity (Wildman–Crippen MR) is 103 cm³/mol. The maximum atomic E-state index is 12.5. The van der Waals surface area contributed by atoms with Gasteiger partial charge in [-0.15, -0.1) is 10.2 Å². The van der Waals surface area contributed by atoms with E-state index < -0.39 is 0 Å². The van der Waals surface area contributed by atoms with Crippen molar-refractivity contribution in [3.63, 3.8) is 0 Å². The van der Waals surface area contributed by atoms with Gasteiger partial charge in [-0.2, -0.15) is 9.61 Å². The average molecular weight is 402 g/mol. The van der Waals surface area contributed by atoms with Gasteiger partial charge < -0.3 is 14.8 Å². The number of aryl methyl sites for hydroxylation is 2. The van der Waals surface area contributed by atoms with Crippen LogP contribution in [-0.4, -0.2) is 39.9 Å². The molecule has 0 bridgehead atoms. The molecule has 1 aliphatic carbocycles. The molecule has 1 amide bonds. The first-order valence-corrected chi connectivity index (χ1v) is 9.38. The summed E-state index contributed by atoms with van der Waals surface area (Å²) >= 11 is 5.93. The zero-order valence-electron chi connectivity index (χ0n) is 15.6. The number of carbonyl (C=O) groups is 1. The molecule has 0 spiro atoms. The number of amides is 1. The van der Waals surface area contributed by atoms with Crippen molar-refractivity contribution in [2.45, 2.75) is 31.7 Å². The summed E-state index contributed by atoms with van der Waals surface area (Å²) < 4.78 is 12.3. The lowest BCUT2D eigenvalue weighted by atomic mass is 10.1. The largest absolute Gasteiger partial charge is 0.493 e. The van der Waals surface area contributed by atoms with Crippen molar-refractivity contribution in [1.29, 1.82) is 0 Å². The first-order chi connectivity index (χ1) is 13.6. The maximum Gasteiger partial charge on any atom is 0.220 e. The van der Waals surface area contributed by atoms with Crippen molar-refractivity contribution in [3.8, 4) is 11.5 Å². The topological polar surface area (TPSA) is 90.6 Å². The summed E-state index contributed by atoms with van der Waals surface area (Å²) in [6, 6.07) is 7.29. The molecule has 8 nitrogen and oxygen atoms in total. The average Bonchev–Trinajstić information content (AvgIpc) is 3.28. The molecule has 2 heterocycles. The number of carbonyl (C=O) groups excluding carboxylic acids is 1. The molecule has 1 atom stereocenters. The quantitative estimate of drug-likeness (QED) is 0.682. The van der Waals surface area contributed by atoms with Crippen molar-refractivity contribution in [1.82, 2.24) is 25.1 Å². The Kier molecular flexibility index (Phi) is 5.04. The highest BCUT2D eigenvalue weighted by Gasteiger charge is 2.26. The first-order valence-electron chi connectivity index (χ1n) is 9.00. The number of fused-ring (bicyclic) bond motifs is 2. The Morgan fingerprint density at radius 3 is 2.82 bits per heavy atom. The van der Waals surface area contributed by atoms with Crippen molar-refractivity contribution >= 4 is 23.2 Å². The Labute approximate surface area is 166 Å². The molecule has 9 heteroatoms. The number of nitrogens with zero attached hydrogens (tertiary/aromatic N) is 4. The van der Waals surface area contributed by atoms with Gasteiger partial charge in [-0.25, -0.2) is 0 Å². The lowest BCUT2D eigenvalue weighted by Crippen LogP contribution is -2.27. The third kappa shape index (κ3) is 3.47. The molecule has 0 aliphatic heterocycles. The molecule has 0 fully saturated rings. The lowest BCUT2D eigenvalue weighted by molar-refractivity contribution is -0.121. The molecular formula is C19H20ClN5O3. The highest BCUT2D eigenvalue weighted by molar-refractivity contribution is 6.29. The van der Waals surface area contributed by atoms with Gasteiger partial charge in [0.1, 0.15) is 5.15 Å². The molecule has 28 heavy (non-hydrogen) atoms. The predicted octanol–water partition coefficient (Wildman–Crippen LogP) is 2.53. The first kappa shape index (κ1) is 18.5. The van der Waals surface area contributed by atoms with Crippen LogP contribution in [0.25, 0.3) is 5.65 Å². The van der Waals surface area contributed by atoms with Gasteiger partial charge in [0.15, 0.2) is 23.0 Å². The Bertz CT molecular complexity index is 1040. The molecule has 0 saturated carbocycles. The lowest BCUT2D eigenvalue weighted by Gasteiger charge is -2.16. The van der Waals surface area contributed by atoms with E-state index in [2.05, 4.69) is 20.6 Å². The molecule has 1 aliphatic rings. The van der Waals surface area contributed by atoms with Crippen LogP contribution in [0.2, 0.25) is 5.15 Å². The molecule has 0 unspecified atom stereocenters. The van der Waals surface area contributed by atoms with Crippen LogP contribution in [0.15, 0.2) is 24.3 Å². The summed E-state index contributed by atoms with van der Waals surface area (Å²) in [5.41, 5.74) is 2.85. The van der Waals surface area contributed by atoms with Crippen LogP contribution in [0.4, 0.5) is 0 Å². The SMILES string of the molecule is COc1cc2c(cc1OC)[C@@H](NC(=O)CCc1nnc3ccc(Cl)nn13)CC2. The van der Waals surface area contributed by atoms with Gasteiger partial charge >= 0.3 is 0 Å². The number of ether oxygens (including phenoxy) is 2. The fourth-order valence-corrected chi connectivity index (χ4v) is 3.68. The molecule has 0 saturated heterocycles. The molecule has 1 aromatic carbocycles. The summed E-state index contributed by atoms with van der Waals surface area (Å²) in [4.78, 5) is 12.5. The Morgan fingerprint density at radius 1 is 1.25 bits per heavy atom. The maximum absolute atomic E-state index is 12.5. The minimum atomic E-state index is -0.0496. The van der Waals surface area contributed by atoms with E-state index in [0.717, 1.165) is 18.4 Å². The van der Waals surface area contributed by atoms with Gasteiger partial charge in [0.2, 0.25) is 5.91 Å². The fraction of sp³-hybridized carbons (Fsp3) is 0.368. The molecule has 146 valence electrons. The second kappa shape index (κ2) is 7.63. The summed E-state index contributed by atoms with van der Waals surface area (Å²) in [6.45, 7) is 0. The molecule has 3 aromatic rings. The minimum Gasteiger partial charge on any atom is -0.493 e. The third-order valence-corrected chi connectivity index (χ3v) is 5.13. The van der Waals surface area contributed by atoms with E-state index in [1.54, 1.807) is 30.9 Å². The van der Waals surface area contributed by atoms with E-state index in [1.165, 1.54) is 5.56 Å². The van der Waals surface area contributed by atoms with Crippen LogP contribution in [0.5, 0.6) is 11.5 Å². The normalized spacial score (nSPS) is 15.5. The zero-order valence-corrected chi connectivity index (χ0v) is 16.4. The highest BCUT2D eigenvalue weighted by Crippen LogP contribution is 2.39. The van der Waals surface area contributed by atoms with Crippen molar-refractivity contribution < 1.29 is 14.3 Å². The van der Waals surface area contributed by atoms with E-state index >= 15 is 0 Å². The second-order valence-corrected chi connectivity index (χ2v) is 6.99. The Hall–Kier alpha value is -2.87. The van der Waals surface area contributed by atoms with E-state index in [-0.39, 0.29) is 18.4 Å². The number of nitrogens with one attached hydrogen (secondary N) is 1. The molecule has 2 aromatic heterocycles. The van der Waals surface area contributed by atoms with Crippen LogP contribution in [0.3, 0.4) is 0 Å². The Balaban J connectivity index is 1.43. The number of hydrogen-bond donors (Lipinski definition) is 1. The number of hydrogen-bond acceptors (Lipinski definition) is 6. The monoisotopic (exact) mass is 401 g/mol.